The summed E-state index contributed by atoms with van der Waals surface area (Å²) in [6.07, 6.45) is 3.42. The molecule has 0 bridgehead atoms. The number of carbonyl (C=O) groups is 1. The van der Waals surface area contributed by atoms with E-state index in [1.807, 2.05) is 24.3 Å². The van der Waals surface area contributed by atoms with Crippen LogP contribution in [0.3, 0.4) is 0 Å². The summed E-state index contributed by atoms with van der Waals surface area (Å²) in [5.41, 5.74) is 1.76. The fourth-order valence-corrected chi connectivity index (χ4v) is 2.53. The number of nitrogens with one attached hydrogen (secondary N) is 1. The van der Waals surface area contributed by atoms with Crippen LogP contribution in [-0.2, 0) is 5.88 Å². The predicted octanol–water partition coefficient (Wildman–Crippen LogP) is 3.34. The Bertz CT molecular complexity index is 388. The number of hydrogen-bond acceptors (Lipinski definition) is 1. The number of amides is 1. The summed E-state index contributed by atoms with van der Waals surface area (Å²) >= 11 is 5.71. The van der Waals surface area contributed by atoms with Gasteiger partial charge in [0.25, 0.3) is 5.91 Å². The molecule has 2 atom stereocenters. The summed E-state index contributed by atoms with van der Waals surface area (Å²) in [5.74, 6) is 1.26. The normalized spacial score (nSPS) is 23.6. The third-order valence-corrected chi connectivity index (χ3v) is 3.71. The van der Waals surface area contributed by atoms with Gasteiger partial charge in [0, 0.05) is 17.5 Å². The minimum Gasteiger partial charge on any atom is -0.349 e. The van der Waals surface area contributed by atoms with Crippen molar-refractivity contribution in [1.29, 1.82) is 0 Å². The van der Waals surface area contributed by atoms with Crippen LogP contribution in [0.25, 0.3) is 0 Å². The van der Waals surface area contributed by atoms with E-state index in [0.717, 1.165) is 29.9 Å². The predicted molar refractivity (Wildman–Crippen MR) is 70.3 cm³/mol. The van der Waals surface area contributed by atoms with Crippen LogP contribution in [0, 0.1) is 5.92 Å². The lowest BCUT2D eigenvalue weighted by Crippen LogP contribution is -2.32. The van der Waals surface area contributed by atoms with Crippen LogP contribution in [0.4, 0.5) is 0 Å². The number of halogens is 1. The van der Waals surface area contributed by atoms with Crippen LogP contribution in [0.2, 0.25) is 0 Å². The van der Waals surface area contributed by atoms with Gasteiger partial charge in [0.2, 0.25) is 0 Å². The van der Waals surface area contributed by atoms with E-state index < -0.39 is 0 Å². The SMILES string of the molecule is CC1CCC(NC(=O)c2ccc(CCl)cc2)C1. The summed E-state index contributed by atoms with van der Waals surface area (Å²) in [5, 5.41) is 3.09. The molecular weight excluding hydrogens is 234 g/mol. The van der Waals surface area contributed by atoms with E-state index in [2.05, 4.69) is 12.2 Å². The van der Waals surface area contributed by atoms with E-state index in [4.69, 9.17) is 11.6 Å². The van der Waals surface area contributed by atoms with Crippen LogP contribution in [0.5, 0.6) is 0 Å². The van der Waals surface area contributed by atoms with E-state index >= 15 is 0 Å². The molecule has 1 N–H and O–H groups in total. The second-order valence-electron chi connectivity index (χ2n) is 4.92. The lowest BCUT2D eigenvalue weighted by molar-refractivity contribution is 0.0937. The first-order valence-corrected chi connectivity index (χ1v) is 6.68. The Balaban J connectivity index is 1.94. The molecule has 0 heterocycles. The fourth-order valence-electron chi connectivity index (χ4n) is 2.35. The quantitative estimate of drug-likeness (QED) is 0.821. The van der Waals surface area contributed by atoms with Gasteiger partial charge in [0.1, 0.15) is 0 Å². The smallest absolute Gasteiger partial charge is 0.251 e. The molecule has 0 aliphatic heterocycles. The Morgan fingerprint density at radius 3 is 2.59 bits per heavy atom. The molecule has 0 radical (unpaired) electrons. The molecule has 1 aromatic rings. The summed E-state index contributed by atoms with van der Waals surface area (Å²) in [4.78, 5) is 12.0. The summed E-state index contributed by atoms with van der Waals surface area (Å²) in [7, 11) is 0. The monoisotopic (exact) mass is 251 g/mol. The third-order valence-electron chi connectivity index (χ3n) is 3.40. The second kappa shape index (κ2) is 5.54. The average Bonchev–Trinajstić information content (AvgIpc) is 2.75. The zero-order valence-electron chi connectivity index (χ0n) is 10.1. The minimum atomic E-state index is 0.0326. The number of carbonyl (C=O) groups excluding carboxylic acids is 1. The van der Waals surface area contributed by atoms with E-state index in [9.17, 15) is 4.79 Å². The van der Waals surface area contributed by atoms with Crippen molar-refractivity contribution in [2.45, 2.75) is 38.1 Å². The largest absolute Gasteiger partial charge is 0.349 e. The molecule has 1 amide bonds. The van der Waals surface area contributed by atoms with Crippen LogP contribution in [-0.4, -0.2) is 11.9 Å². The molecule has 2 nitrogen and oxygen atoms in total. The molecule has 1 aliphatic carbocycles. The Hall–Kier alpha value is -1.02. The minimum absolute atomic E-state index is 0.0326. The number of benzene rings is 1. The maximum atomic E-state index is 12.0. The van der Waals surface area contributed by atoms with Crippen molar-refractivity contribution >= 4 is 17.5 Å². The Morgan fingerprint density at radius 1 is 1.35 bits per heavy atom. The van der Waals surface area contributed by atoms with Crippen molar-refractivity contribution in [2.24, 2.45) is 5.92 Å². The van der Waals surface area contributed by atoms with Gasteiger partial charge in [-0.3, -0.25) is 4.79 Å². The molecule has 0 aromatic heterocycles. The fraction of sp³-hybridized carbons (Fsp3) is 0.500. The molecule has 92 valence electrons. The molecule has 17 heavy (non-hydrogen) atoms. The van der Waals surface area contributed by atoms with E-state index in [-0.39, 0.29) is 5.91 Å². The van der Waals surface area contributed by atoms with Crippen molar-refractivity contribution < 1.29 is 4.79 Å². The van der Waals surface area contributed by atoms with Gasteiger partial charge in [-0.2, -0.15) is 0 Å². The number of alkyl halides is 1. The summed E-state index contributed by atoms with van der Waals surface area (Å²) in [6.45, 7) is 2.24. The zero-order chi connectivity index (χ0) is 12.3. The van der Waals surface area contributed by atoms with Crippen molar-refractivity contribution in [2.75, 3.05) is 0 Å². The topological polar surface area (TPSA) is 29.1 Å². The molecule has 1 saturated carbocycles. The first-order valence-electron chi connectivity index (χ1n) is 6.15. The lowest BCUT2D eigenvalue weighted by Gasteiger charge is -2.12. The maximum Gasteiger partial charge on any atom is 0.251 e. The molecule has 2 unspecified atom stereocenters. The van der Waals surface area contributed by atoms with Crippen LogP contribution in [0.1, 0.15) is 42.1 Å². The highest BCUT2D eigenvalue weighted by molar-refractivity contribution is 6.17. The van der Waals surface area contributed by atoms with Gasteiger partial charge in [0.15, 0.2) is 0 Å². The Kier molecular flexibility index (Phi) is 4.06. The first kappa shape index (κ1) is 12.4. The molecule has 3 heteroatoms. The standard InChI is InChI=1S/C14H18ClNO/c1-10-2-7-13(8-10)16-14(17)12-5-3-11(9-15)4-6-12/h3-6,10,13H,2,7-9H2,1H3,(H,16,17). The third kappa shape index (κ3) is 3.22. The molecule has 1 aromatic carbocycles. The molecule has 1 aliphatic rings. The number of hydrogen-bond donors (Lipinski definition) is 1. The maximum absolute atomic E-state index is 12.0. The van der Waals surface area contributed by atoms with Gasteiger partial charge in [-0.25, -0.2) is 0 Å². The highest BCUT2D eigenvalue weighted by Gasteiger charge is 2.22. The Labute approximate surface area is 107 Å². The van der Waals surface area contributed by atoms with Gasteiger partial charge in [-0.15, -0.1) is 11.6 Å². The van der Waals surface area contributed by atoms with Gasteiger partial charge in [-0.05, 0) is 42.9 Å². The van der Waals surface area contributed by atoms with Crippen molar-refractivity contribution in [3.8, 4) is 0 Å². The van der Waals surface area contributed by atoms with Gasteiger partial charge >= 0.3 is 0 Å². The first-order chi connectivity index (χ1) is 8.19. The molecule has 2 rings (SSSR count). The summed E-state index contributed by atoms with van der Waals surface area (Å²) < 4.78 is 0. The van der Waals surface area contributed by atoms with Crippen LogP contribution in [0.15, 0.2) is 24.3 Å². The molecule has 0 saturated heterocycles. The Morgan fingerprint density at radius 2 is 2.06 bits per heavy atom. The highest BCUT2D eigenvalue weighted by Crippen LogP contribution is 2.24. The number of rotatable bonds is 3. The molecule has 0 spiro atoms. The van der Waals surface area contributed by atoms with Crippen LogP contribution < -0.4 is 5.32 Å². The lowest BCUT2D eigenvalue weighted by atomic mass is 10.1. The van der Waals surface area contributed by atoms with E-state index in [1.165, 1.54) is 6.42 Å². The molecular formula is C14H18ClNO. The van der Waals surface area contributed by atoms with E-state index in [0.29, 0.717) is 11.9 Å². The highest BCUT2D eigenvalue weighted by atomic mass is 35.5. The van der Waals surface area contributed by atoms with Gasteiger partial charge in [0.05, 0.1) is 0 Å². The van der Waals surface area contributed by atoms with Crippen molar-refractivity contribution in [3.63, 3.8) is 0 Å². The van der Waals surface area contributed by atoms with E-state index in [1.54, 1.807) is 0 Å². The average molecular weight is 252 g/mol. The van der Waals surface area contributed by atoms with Crippen molar-refractivity contribution in [1.82, 2.24) is 5.32 Å². The molecule has 1 fully saturated rings. The van der Waals surface area contributed by atoms with Crippen LogP contribution >= 0.6 is 11.6 Å². The summed E-state index contributed by atoms with van der Waals surface area (Å²) in [6, 6.07) is 7.83. The van der Waals surface area contributed by atoms with Gasteiger partial charge in [-0.1, -0.05) is 19.1 Å². The zero-order valence-corrected chi connectivity index (χ0v) is 10.8. The van der Waals surface area contributed by atoms with Gasteiger partial charge < -0.3 is 5.32 Å². The van der Waals surface area contributed by atoms with Crippen molar-refractivity contribution in [3.05, 3.63) is 35.4 Å². The second-order valence-corrected chi connectivity index (χ2v) is 5.19.